The van der Waals surface area contributed by atoms with Crippen molar-refractivity contribution in [1.82, 2.24) is 5.32 Å². The van der Waals surface area contributed by atoms with E-state index in [1.54, 1.807) is 0 Å². The number of hydrogen-bond acceptors (Lipinski definition) is 3. The number of benzene rings is 1. The summed E-state index contributed by atoms with van der Waals surface area (Å²) in [5.41, 5.74) is 0.370. The smallest absolute Gasteiger partial charge is 0.232 e. The molecule has 1 aliphatic heterocycles. The van der Waals surface area contributed by atoms with Gasteiger partial charge in [-0.25, -0.2) is 12.8 Å². The highest BCUT2D eigenvalue weighted by Crippen LogP contribution is 2.21. The van der Waals surface area contributed by atoms with E-state index in [1.807, 2.05) is 0 Å². The van der Waals surface area contributed by atoms with Gasteiger partial charge in [-0.3, -0.25) is 4.72 Å². The lowest BCUT2D eigenvalue weighted by atomic mass is 10.0. The molecule has 112 valence electrons. The summed E-state index contributed by atoms with van der Waals surface area (Å²) >= 11 is 3.04. The molecule has 0 amide bonds. The van der Waals surface area contributed by atoms with Crippen molar-refractivity contribution in [2.24, 2.45) is 0 Å². The molecule has 1 aliphatic rings. The van der Waals surface area contributed by atoms with Crippen LogP contribution in [-0.4, -0.2) is 26.8 Å². The van der Waals surface area contributed by atoms with Crippen molar-refractivity contribution in [2.75, 3.05) is 17.0 Å². The van der Waals surface area contributed by atoms with Gasteiger partial charge in [-0.05, 0) is 59.9 Å². The lowest BCUT2D eigenvalue weighted by Gasteiger charge is -2.23. The first kappa shape index (κ1) is 15.7. The zero-order chi connectivity index (χ0) is 14.6. The van der Waals surface area contributed by atoms with E-state index in [4.69, 9.17) is 0 Å². The van der Waals surface area contributed by atoms with Gasteiger partial charge in [-0.1, -0.05) is 6.42 Å². The maximum atomic E-state index is 13.1. The van der Waals surface area contributed by atoms with Crippen LogP contribution in [0, 0.1) is 5.82 Å². The van der Waals surface area contributed by atoms with Crippen molar-refractivity contribution in [3.63, 3.8) is 0 Å². The van der Waals surface area contributed by atoms with Gasteiger partial charge in [-0.2, -0.15) is 0 Å². The van der Waals surface area contributed by atoms with Gasteiger partial charge in [0.1, 0.15) is 5.82 Å². The van der Waals surface area contributed by atoms with Gasteiger partial charge >= 0.3 is 0 Å². The van der Waals surface area contributed by atoms with Crippen LogP contribution in [0.5, 0.6) is 0 Å². The van der Waals surface area contributed by atoms with Gasteiger partial charge in [0.25, 0.3) is 0 Å². The van der Waals surface area contributed by atoms with Gasteiger partial charge in [-0.15, -0.1) is 0 Å². The standard InChI is InChI=1S/C13H18BrFN2O2S/c14-12-9-11(4-5-13(12)15)17-20(18,19)8-6-10-3-1-2-7-16-10/h4-5,9-10,16-17H,1-3,6-8H2. The Balaban J connectivity index is 1.91. The zero-order valence-corrected chi connectivity index (χ0v) is 13.4. The van der Waals surface area contributed by atoms with Gasteiger partial charge < -0.3 is 5.32 Å². The van der Waals surface area contributed by atoms with E-state index in [1.165, 1.54) is 18.2 Å². The first-order valence-corrected chi connectivity index (χ1v) is 9.10. The minimum absolute atomic E-state index is 0.0691. The molecule has 2 rings (SSSR count). The van der Waals surface area contributed by atoms with Crippen LogP contribution in [-0.2, 0) is 10.0 Å². The average Bonchev–Trinajstić information content (AvgIpc) is 2.42. The van der Waals surface area contributed by atoms with E-state index >= 15 is 0 Å². The van der Waals surface area contributed by atoms with Crippen molar-refractivity contribution in [2.45, 2.75) is 31.7 Å². The van der Waals surface area contributed by atoms with Gasteiger partial charge in [0.15, 0.2) is 0 Å². The Labute approximate surface area is 127 Å². The predicted octanol–water partition coefficient (Wildman–Crippen LogP) is 2.86. The maximum absolute atomic E-state index is 13.1. The van der Waals surface area contributed by atoms with Crippen LogP contribution < -0.4 is 10.0 Å². The molecule has 1 atom stereocenters. The molecule has 20 heavy (non-hydrogen) atoms. The molecule has 0 aromatic heterocycles. The van der Waals surface area contributed by atoms with Gasteiger partial charge in [0, 0.05) is 11.7 Å². The molecule has 1 heterocycles. The fraction of sp³-hybridized carbons (Fsp3) is 0.538. The molecule has 1 unspecified atom stereocenters. The third kappa shape index (κ3) is 4.71. The largest absolute Gasteiger partial charge is 0.314 e. The number of piperidine rings is 1. The van der Waals surface area contributed by atoms with E-state index in [0.29, 0.717) is 12.1 Å². The second-order valence-corrected chi connectivity index (χ2v) is 7.68. The summed E-state index contributed by atoms with van der Waals surface area (Å²) in [6.07, 6.45) is 3.93. The van der Waals surface area contributed by atoms with Crippen LogP contribution in [0.25, 0.3) is 0 Å². The highest BCUT2D eigenvalue weighted by atomic mass is 79.9. The van der Waals surface area contributed by atoms with Gasteiger partial charge in [0.05, 0.1) is 10.2 Å². The molecule has 2 N–H and O–H groups in total. The maximum Gasteiger partial charge on any atom is 0.232 e. The third-order valence-corrected chi connectivity index (χ3v) is 5.27. The molecule has 0 saturated carbocycles. The van der Waals surface area contributed by atoms with Crippen molar-refractivity contribution < 1.29 is 12.8 Å². The fourth-order valence-electron chi connectivity index (χ4n) is 2.26. The molecular formula is C13H18BrFN2O2S. The van der Waals surface area contributed by atoms with Crippen molar-refractivity contribution >= 4 is 31.6 Å². The highest BCUT2D eigenvalue weighted by molar-refractivity contribution is 9.10. The number of anilines is 1. The number of halogens is 2. The molecule has 0 spiro atoms. The molecule has 1 fully saturated rings. The van der Waals surface area contributed by atoms with Crippen LogP contribution >= 0.6 is 15.9 Å². The summed E-state index contributed by atoms with van der Waals surface area (Å²) in [6, 6.07) is 4.34. The first-order chi connectivity index (χ1) is 9.46. The number of hydrogen-bond donors (Lipinski definition) is 2. The Morgan fingerprint density at radius 3 is 2.85 bits per heavy atom. The van der Waals surface area contributed by atoms with Crippen molar-refractivity contribution in [3.8, 4) is 0 Å². The Morgan fingerprint density at radius 2 is 2.20 bits per heavy atom. The van der Waals surface area contributed by atoms with Crippen LogP contribution in [0.3, 0.4) is 0 Å². The average molecular weight is 365 g/mol. The molecule has 1 aromatic carbocycles. The lowest BCUT2D eigenvalue weighted by molar-refractivity contribution is 0.393. The quantitative estimate of drug-likeness (QED) is 0.844. The molecule has 4 nitrogen and oxygen atoms in total. The van der Waals surface area contributed by atoms with Crippen LogP contribution in [0.15, 0.2) is 22.7 Å². The SMILES string of the molecule is O=S(=O)(CCC1CCCCN1)Nc1ccc(F)c(Br)c1. The third-order valence-electron chi connectivity index (χ3n) is 3.34. The minimum atomic E-state index is -3.40. The minimum Gasteiger partial charge on any atom is -0.314 e. The summed E-state index contributed by atoms with van der Waals surface area (Å²) in [6.45, 7) is 0.961. The first-order valence-electron chi connectivity index (χ1n) is 6.65. The zero-order valence-electron chi connectivity index (χ0n) is 11.0. The lowest BCUT2D eigenvalue weighted by Crippen LogP contribution is -2.36. The number of nitrogens with one attached hydrogen (secondary N) is 2. The second-order valence-electron chi connectivity index (χ2n) is 4.99. The fourth-order valence-corrected chi connectivity index (χ4v) is 3.82. The molecule has 0 radical (unpaired) electrons. The molecule has 7 heteroatoms. The Morgan fingerprint density at radius 1 is 1.40 bits per heavy atom. The number of rotatable bonds is 5. The van der Waals surface area contributed by atoms with E-state index in [0.717, 1.165) is 25.8 Å². The topological polar surface area (TPSA) is 58.2 Å². The predicted molar refractivity (Wildman–Crippen MR) is 81.8 cm³/mol. The summed E-state index contributed by atoms with van der Waals surface area (Å²) in [5, 5.41) is 3.32. The second kappa shape index (κ2) is 6.87. The molecule has 0 bridgehead atoms. The van der Waals surface area contributed by atoms with Crippen molar-refractivity contribution in [1.29, 1.82) is 0 Å². The van der Waals surface area contributed by atoms with E-state index in [-0.39, 0.29) is 16.3 Å². The monoisotopic (exact) mass is 364 g/mol. The molecular weight excluding hydrogens is 347 g/mol. The normalized spacial score (nSPS) is 19.8. The summed E-state index contributed by atoms with van der Waals surface area (Å²) in [5.74, 6) is -0.348. The Kier molecular flexibility index (Phi) is 5.40. The van der Waals surface area contributed by atoms with Crippen LogP contribution in [0.2, 0.25) is 0 Å². The molecule has 1 aromatic rings. The molecule has 1 saturated heterocycles. The van der Waals surface area contributed by atoms with Gasteiger partial charge in [0.2, 0.25) is 10.0 Å². The summed E-state index contributed by atoms with van der Waals surface area (Å²) in [4.78, 5) is 0. The number of sulfonamides is 1. The summed E-state index contributed by atoms with van der Waals surface area (Å²) in [7, 11) is -3.40. The van der Waals surface area contributed by atoms with Crippen molar-refractivity contribution in [3.05, 3.63) is 28.5 Å². The van der Waals surface area contributed by atoms with Crippen LogP contribution in [0.1, 0.15) is 25.7 Å². The highest BCUT2D eigenvalue weighted by Gasteiger charge is 2.17. The van der Waals surface area contributed by atoms with E-state index in [2.05, 4.69) is 26.0 Å². The Bertz CT molecular complexity index is 559. The Hall–Kier alpha value is -0.660. The van der Waals surface area contributed by atoms with E-state index in [9.17, 15) is 12.8 Å². The molecule has 0 aliphatic carbocycles. The summed E-state index contributed by atoms with van der Waals surface area (Å²) < 4.78 is 39.8. The van der Waals surface area contributed by atoms with E-state index < -0.39 is 15.8 Å². The van der Waals surface area contributed by atoms with Crippen LogP contribution in [0.4, 0.5) is 10.1 Å².